The molecule has 0 saturated heterocycles. The average Bonchev–Trinajstić information content (AvgIpc) is 3.62. The van der Waals surface area contributed by atoms with E-state index in [0.29, 0.717) is 62.8 Å². The lowest BCUT2D eigenvalue weighted by molar-refractivity contribution is -0.146. The highest BCUT2D eigenvalue weighted by atomic mass is 16.5. The molecule has 0 aliphatic carbocycles. The van der Waals surface area contributed by atoms with Gasteiger partial charge in [0.25, 0.3) is 11.8 Å². The Hall–Kier alpha value is -5.36. The Bertz CT molecular complexity index is 1850. The third-order valence-electron chi connectivity index (χ3n) is 12.9. The number of unbranched alkanes of at least 4 members (excludes halogenated alkanes) is 3. The first-order chi connectivity index (χ1) is 32.1. The van der Waals surface area contributed by atoms with Gasteiger partial charge in [0.05, 0.1) is 37.7 Å². The Kier molecular flexibility index (Phi) is 25.5. The number of ether oxygens (including phenoxy) is 3. The van der Waals surface area contributed by atoms with E-state index in [-0.39, 0.29) is 73.1 Å². The van der Waals surface area contributed by atoms with Crippen LogP contribution in [0.5, 0.6) is 5.75 Å². The summed E-state index contributed by atoms with van der Waals surface area (Å²) in [6.45, 7) is 13.6. The number of hydrogen-bond donors (Lipinski definition) is 4. The summed E-state index contributed by atoms with van der Waals surface area (Å²) in [5, 5.41) is 18.4. The van der Waals surface area contributed by atoms with Crippen molar-refractivity contribution in [1.29, 1.82) is 0 Å². The Balaban J connectivity index is 1.99. The van der Waals surface area contributed by atoms with Crippen LogP contribution in [0.1, 0.15) is 112 Å². The zero-order valence-corrected chi connectivity index (χ0v) is 42.5. The normalized spacial score (nSPS) is 16.1. The van der Waals surface area contributed by atoms with Crippen molar-refractivity contribution in [2.24, 2.45) is 23.7 Å². The molecule has 382 valence electrons. The average molecular weight is 957 g/mol. The largest absolute Gasteiger partial charge is 0.496 e. The first-order valence-electron chi connectivity index (χ1n) is 24.0. The summed E-state index contributed by atoms with van der Waals surface area (Å²) in [4.78, 5) is 108. The Labute approximate surface area is 403 Å². The molecule has 8 atom stereocenters. The Morgan fingerprint density at radius 1 is 0.765 bits per heavy atom. The van der Waals surface area contributed by atoms with E-state index >= 15 is 0 Å². The van der Waals surface area contributed by atoms with E-state index in [0.717, 1.165) is 0 Å². The summed E-state index contributed by atoms with van der Waals surface area (Å²) in [5.74, 6) is -4.44. The highest BCUT2D eigenvalue weighted by Crippen LogP contribution is 2.25. The molecule has 0 saturated carbocycles. The van der Waals surface area contributed by atoms with Crippen LogP contribution < -0.4 is 20.7 Å². The van der Waals surface area contributed by atoms with Crippen molar-refractivity contribution >= 4 is 47.3 Å². The van der Waals surface area contributed by atoms with Gasteiger partial charge in [-0.1, -0.05) is 79.5 Å². The lowest BCUT2D eigenvalue weighted by atomic mass is 9.89. The van der Waals surface area contributed by atoms with E-state index in [1.807, 2.05) is 41.5 Å². The standard InChI is InChI=1S/C50H80N6O12/c1-13-33(6)46(55(9)49(63)44(31(2)3)53-48(62)45(32(4)5)54(8)41(58)24-15-14-20-28-56-42(59)25-26-43(56)60)39(68-12)30-40(57)51-27-19-18-22-37(66-10)34(7)47(61)52-36(50(64)65)29-35-21-16-17-23-38(35)67-11/h16-17,21,23,25-26,31-34,36-37,39,44-46H,13-15,18-20,22,24,27-30H2,1-12H3,(H,51,57)(H,52,61)(H,53,62)(H,64,65)/t33-,34?,36-,37?,39?,44-,45?,46?/m0/s1. The molecule has 1 aliphatic rings. The smallest absolute Gasteiger partial charge is 0.326 e. The predicted molar refractivity (Wildman–Crippen MR) is 257 cm³/mol. The van der Waals surface area contributed by atoms with Gasteiger partial charge in [0.15, 0.2) is 0 Å². The molecule has 2 rings (SSSR count). The van der Waals surface area contributed by atoms with Crippen molar-refractivity contribution < 1.29 is 57.7 Å². The van der Waals surface area contributed by atoms with Crippen LogP contribution in [0, 0.1) is 23.7 Å². The van der Waals surface area contributed by atoms with Crippen LogP contribution in [-0.4, -0.2) is 152 Å². The number of para-hydroxylation sites is 1. The van der Waals surface area contributed by atoms with Crippen molar-refractivity contribution in [3.63, 3.8) is 0 Å². The summed E-state index contributed by atoms with van der Waals surface area (Å²) in [5.41, 5.74) is 0.652. The molecule has 18 nitrogen and oxygen atoms in total. The quantitative estimate of drug-likeness (QED) is 0.0591. The van der Waals surface area contributed by atoms with E-state index in [1.165, 1.54) is 43.3 Å². The monoisotopic (exact) mass is 957 g/mol. The van der Waals surface area contributed by atoms with Gasteiger partial charge in [-0.15, -0.1) is 0 Å². The fraction of sp³-hybridized carbons (Fsp3) is 0.680. The Morgan fingerprint density at radius 3 is 1.96 bits per heavy atom. The van der Waals surface area contributed by atoms with Crippen LogP contribution in [0.3, 0.4) is 0 Å². The molecule has 1 heterocycles. The number of hydrogen-bond acceptors (Lipinski definition) is 11. The van der Waals surface area contributed by atoms with E-state index < -0.39 is 60.1 Å². The van der Waals surface area contributed by atoms with Crippen molar-refractivity contribution in [2.45, 2.75) is 149 Å². The van der Waals surface area contributed by atoms with Gasteiger partial charge in [0.1, 0.15) is 23.9 Å². The van der Waals surface area contributed by atoms with Gasteiger partial charge >= 0.3 is 5.97 Å². The molecule has 0 radical (unpaired) electrons. The number of nitrogens with zero attached hydrogens (tertiary/aromatic N) is 3. The minimum atomic E-state index is -1.17. The van der Waals surface area contributed by atoms with Crippen LogP contribution in [-0.2, 0) is 54.3 Å². The molecule has 7 amide bonds. The fourth-order valence-corrected chi connectivity index (χ4v) is 8.62. The van der Waals surface area contributed by atoms with Crippen molar-refractivity contribution in [3.8, 4) is 5.75 Å². The zero-order valence-electron chi connectivity index (χ0n) is 42.5. The van der Waals surface area contributed by atoms with Gasteiger partial charge in [-0.3, -0.25) is 38.5 Å². The molecule has 1 aromatic rings. The summed E-state index contributed by atoms with van der Waals surface area (Å²) in [6.07, 6.45) is 5.49. The molecule has 68 heavy (non-hydrogen) atoms. The van der Waals surface area contributed by atoms with E-state index in [1.54, 1.807) is 50.2 Å². The molecule has 4 N–H and O–H groups in total. The van der Waals surface area contributed by atoms with Gasteiger partial charge in [-0.05, 0) is 61.5 Å². The summed E-state index contributed by atoms with van der Waals surface area (Å²) >= 11 is 0. The van der Waals surface area contributed by atoms with Crippen LogP contribution in [0.2, 0.25) is 0 Å². The number of likely N-dealkylation sites (N-methyl/N-ethyl adjacent to an activating group) is 2. The molecule has 0 bridgehead atoms. The predicted octanol–water partition coefficient (Wildman–Crippen LogP) is 4.13. The molecule has 0 aromatic heterocycles. The molecular formula is C50H80N6O12. The summed E-state index contributed by atoms with van der Waals surface area (Å²) in [6, 6.07) is 3.53. The highest BCUT2D eigenvalue weighted by molar-refractivity contribution is 6.12. The maximum absolute atomic E-state index is 14.4. The van der Waals surface area contributed by atoms with E-state index in [4.69, 9.17) is 14.2 Å². The molecular weight excluding hydrogens is 877 g/mol. The highest BCUT2D eigenvalue weighted by Gasteiger charge is 2.39. The number of carboxylic acids is 1. The number of carbonyl (C=O) groups excluding carboxylic acids is 7. The number of methoxy groups -OCH3 is 3. The fourth-order valence-electron chi connectivity index (χ4n) is 8.62. The minimum absolute atomic E-state index is 0.0344. The third-order valence-corrected chi connectivity index (χ3v) is 12.9. The van der Waals surface area contributed by atoms with Crippen LogP contribution in [0.4, 0.5) is 0 Å². The molecule has 0 fully saturated rings. The molecule has 0 spiro atoms. The van der Waals surface area contributed by atoms with Gasteiger partial charge < -0.3 is 45.1 Å². The maximum Gasteiger partial charge on any atom is 0.326 e. The first kappa shape index (κ1) is 58.8. The number of rotatable bonds is 32. The van der Waals surface area contributed by atoms with Crippen molar-refractivity contribution in [1.82, 2.24) is 30.7 Å². The molecule has 1 aliphatic heterocycles. The maximum atomic E-state index is 14.4. The Morgan fingerprint density at radius 2 is 1.40 bits per heavy atom. The number of aliphatic carboxylic acids is 1. The van der Waals surface area contributed by atoms with E-state index in [9.17, 15) is 43.5 Å². The number of carboxylic acid groups (broad SMARTS) is 1. The zero-order chi connectivity index (χ0) is 51.2. The van der Waals surface area contributed by atoms with Gasteiger partial charge in [-0.2, -0.15) is 0 Å². The van der Waals surface area contributed by atoms with Crippen molar-refractivity contribution in [2.75, 3.05) is 48.5 Å². The SMILES string of the molecule is CC[C@H](C)C(C(CC(=O)NCCCCC(OC)C(C)C(=O)N[C@@H](Cc1ccccc1OC)C(=O)O)OC)N(C)C(=O)[C@@H](NC(=O)C(C(C)C)N(C)C(=O)CCCCCN1C(=O)C=CC1=O)C(C)C. The van der Waals surface area contributed by atoms with Gasteiger partial charge in [-0.25, -0.2) is 4.79 Å². The second kappa shape index (κ2) is 29.5. The molecule has 18 heteroatoms. The number of imide groups is 1. The van der Waals surface area contributed by atoms with Gasteiger partial charge in [0.2, 0.25) is 29.5 Å². The third kappa shape index (κ3) is 17.6. The number of amides is 7. The molecule has 1 aromatic carbocycles. The topological polar surface area (TPSA) is 230 Å². The lowest BCUT2D eigenvalue weighted by Gasteiger charge is -2.40. The van der Waals surface area contributed by atoms with E-state index in [2.05, 4.69) is 16.0 Å². The van der Waals surface area contributed by atoms with Crippen LogP contribution in [0.15, 0.2) is 36.4 Å². The summed E-state index contributed by atoms with van der Waals surface area (Å²) in [7, 11) is 7.73. The first-order valence-corrected chi connectivity index (χ1v) is 24.0. The number of carbonyl (C=O) groups is 8. The second-order valence-corrected chi connectivity index (χ2v) is 18.5. The molecule has 5 unspecified atom stereocenters. The minimum Gasteiger partial charge on any atom is -0.496 e. The number of nitrogens with one attached hydrogen (secondary N) is 3. The summed E-state index contributed by atoms with van der Waals surface area (Å²) < 4.78 is 16.9. The van der Waals surface area contributed by atoms with Gasteiger partial charge in [0, 0.05) is 66.4 Å². The lowest BCUT2D eigenvalue weighted by Crippen LogP contribution is -2.60. The van der Waals surface area contributed by atoms with Crippen LogP contribution >= 0.6 is 0 Å². The number of benzene rings is 1. The van der Waals surface area contributed by atoms with Crippen molar-refractivity contribution in [3.05, 3.63) is 42.0 Å². The second-order valence-electron chi connectivity index (χ2n) is 18.5. The van der Waals surface area contributed by atoms with Crippen LogP contribution in [0.25, 0.3) is 0 Å².